The number of ether oxygens (including phenoxy) is 1. The zero-order valence-electron chi connectivity index (χ0n) is 16.7. The Morgan fingerprint density at radius 2 is 1.87 bits per heavy atom. The Hall–Kier alpha value is -4.33. The van der Waals surface area contributed by atoms with Gasteiger partial charge in [-0.3, -0.25) is 19.4 Å². The molecular formula is C23H18N6O2. The van der Waals surface area contributed by atoms with E-state index in [0.29, 0.717) is 34.6 Å². The highest BCUT2D eigenvalue weighted by molar-refractivity contribution is 5.79. The number of pyridine rings is 2. The van der Waals surface area contributed by atoms with Crippen LogP contribution in [0.4, 0.5) is 0 Å². The second-order valence-corrected chi connectivity index (χ2v) is 7.11. The fourth-order valence-corrected chi connectivity index (χ4v) is 3.33. The summed E-state index contributed by atoms with van der Waals surface area (Å²) in [5.41, 5.74) is 3.09. The van der Waals surface area contributed by atoms with Gasteiger partial charge in [0.1, 0.15) is 17.3 Å². The van der Waals surface area contributed by atoms with Crippen LogP contribution in [0.15, 0.2) is 78.2 Å². The number of nitrogens with zero attached hydrogens (tertiary/aromatic N) is 5. The molecule has 0 amide bonds. The molecule has 8 heteroatoms. The van der Waals surface area contributed by atoms with Crippen LogP contribution < -0.4 is 10.3 Å². The van der Waals surface area contributed by atoms with Crippen LogP contribution in [0, 0.1) is 0 Å². The molecule has 1 aromatic carbocycles. The molecule has 5 rings (SSSR count). The number of H-pyrrole nitrogens is 1. The lowest BCUT2D eigenvalue weighted by atomic mass is 10.2. The van der Waals surface area contributed by atoms with Gasteiger partial charge in [-0.1, -0.05) is 0 Å². The van der Waals surface area contributed by atoms with E-state index in [1.54, 1.807) is 53.7 Å². The van der Waals surface area contributed by atoms with Crippen molar-refractivity contribution in [3.8, 4) is 22.8 Å². The average Bonchev–Trinajstić information content (AvgIpc) is 3.22. The first-order valence-corrected chi connectivity index (χ1v) is 9.69. The van der Waals surface area contributed by atoms with Crippen LogP contribution >= 0.6 is 0 Å². The summed E-state index contributed by atoms with van der Waals surface area (Å²) >= 11 is 0. The molecule has 0 atom stereocenters. The molecule has 1 N–H and O–H groups in total. The lowest BCUT2D eigenvalue weighted by molar-refractivity contribution is 0.483. The van der Waals surface area contributed by atoms with Crippen LogP contribution in [0.1, 0.15) is 11.4 Å². The van der Waals surface area contributed by atoms with Crippen molar-refractivity contribution in [3.63, 3.8) is 0 Å². The van der Waals surface area contributed by atoms with Crippen molar-refractivity contribution in [3.05, 3.63) is 95.2 Å². The number of hydrogen-bond acceptors (Lipinski definition) is 6. The zero-order chi connectivity index (χ0) is 21.2. The Labute approximate surface area is 177 Å². The fourth-order valence-electron chi connectivity index (χ4n) is 3.33. The Morgan fingerprint density at radius 1 is 1.03 bits per heavy atom. The largest absolute Gasteiger partial charge is 0.457 e. The van der Waals surface area contributed by atoms with E-state index in [0.717, 1.165) is 16.8 Å². The summed E-state index contributed by atoms with van der Waals surface area (Å²) < 4.78 is 7.70. The molecule has 0 bridgehead atoms. The predicted octanol–water partition coefficient (Wildman–Crippen LogP) is 3.50. The molecule has 8 nitrogen and oxygen atoms in total. The van der Waals surface area contributed by atoms with Crippen LogP contribution in [0.3, 0.4) is 0 Å². The van der Waals surface area contributed by atoms with Crippen molar-refractivity contribution in [1.29, 1.82) is 0 Å². The Bertz CT molecular complexity index is 1430. The minimum atomic E-state index is -0.203. The third-order valence-corrected chi connectivity index (χ3v) is 4.81. The van der Waals surface area contributed by atoms with E-state index < -0.39 is 0 Å². The van der Waals surface area contributed by atoms with Gasteiger partial charge in [-0.05, 0) is 42.0 Å². The summed E-state index contributed by atoms with van der Waals surface area (Å²) in [7, 11) is 1.85. The van der Waals surface area contributed by atoms with Gasteiger partial charge in [-0.2, -0.15) is 5.10 Å². The van der Waals surface area contributed by atoms with Crippen LogP contribution in [-0.2, 0) is 13.5 Å². The molecule has 0 saturated heterocycles. The molecule has 5 aromatic rings. The molecule has 0 radical (unpaired) electrons. The van der Waals surface area contributed by atoms with Gasteiger partial charge >= 0.3 is 0 Å². The molecule has 0 aliphatic rings. The van der Waals surface area contributed by atoms with Gasteiger partial charge in [-0.15, -0.1) is 0 Å². The lowest BCUT2D eigenvalue weighted by Crippen LogP contribution is -2.12. The number of nitrogens with one attached hydrogen (secondary N) is 1. The normalized spacial score (nSPS) is 11.0. The number of fused-ring (bicyclic) bond motifs is 1. The Kier molecular flexibility index (Phi) is 4.72. The Balaban J connectivity index is 1.42. The summed E-state index contributed by atoms with van der Waals surface area (Å²) in [6.45, 7) is 0. The van der Waals surface area contributed by atoms with Gasteiger partial charge in [0.2, 0.25) is 0 Å². The van der Waals surface area contributed by atoms with Crippen molar-refractivity contribution in [2.24, 2.45) is 7.05 Å². The van der Waals surface area contributed by atoms with Crippen molar-refractivity contribution in [1.82, 2.24) is 29.7 Å². The minimum absolute atomic E-state index is 0.203. The van der Waals surface area contributed by atoms with E-state index in [2.05, 4.69) is 25.0 Å². The molecule has 4 aromatic heterocycles. The third-order valence-electron chi connectivity index (χ3n) is 4.81. The first kappa shape index (κ1) is 18.7. The number of rotatable bonds is 5. The van der Waals surface area contributed by atoms with E-state index in [1.165, 1.54) is 0 Å². The molecule has 0 fully saturated rings. The zero-order valence-corrected chi connectivity index (χ0v) is 16.7. The molecule has 152 valence electrons. The maximum Gasteiger partial charge on any atom is 0.258 e. The second kappa shape index (κ2) is 7.83. The summed E-state index contributed by atoms with van der Waals surface area (Å²) in [4.78, 5) is 28.5. The van der Waals surface area contributed by atoms with Gasteiger partial charge in [0.05, 0.1) is 22.8 Å². The van der Waals surface area contributed by atoms with Crippen LogP contribution in [-0.4, -0.2) is 29.7 Å². The van der Waals surface area contributed by atoms with E-state index in [4.69, 9.17) is 4.74 Å². The predicted molar refractivity (Wildman–Crippen MR) is 116 cm³/mol. The lowest BCUT2D eigenvalue weighted by Gasteiger charge is -2.08. The molecular weight excluding hydrogens is 392 g/mol. The summed E-state index contributed by atoms with van der Waals surface area (Å²) in [6.07, 6.45) is 9.28. The number of benzene rings is 1. The van der Waals surface area contributed by atoms with Crippen molar-refractivity contribution in [2.75, 3.05) is 0 Å². The topological polar surface area (TPSA) is 98.6 Å². The molecule has 0 aliphatic heterocycles. The van der Waals surface area contributed by atoms with Gasteiger partial charge in [0, 0.05) is 49.9 Å². The van der Waals surface area contributed by atoms with E-state index >= 15 is 0 Å². The van der Waals surface area contributed by atoms with E-state index in [9.17, 15) is 4.79 Å². The minimum Gasteiger partial charge on any atom is -0.457 e. The Morgan fingerprint density at radius 3 is 2.68 bits per heavy atom. The molecule has 0 saturated carbocycles. The summed E-state index contributed by atoms with van der Waals surface area (Å²) in [5, 5.41) is 4.64. The molecule has 0 aliphatic carbocycles. The van der Waals surface area contributed by atoms with Gasteiger partial charge in [0.25, 0.3) is 5.56 Å². The van der Waals surface area contributed by atoms with Crippen LogP contribution in [0.5, 0.6) is 11.5 Å². The highest BCUT2D eigenvalue weighted by Crippen LogP contribution is 2.27. The highest BCUT2D eigenvalue weighted by atomic mass is 16.5. The van der Waals surface area contributed by atoms with Gasteiger partial charge in [0.15, 0.2) is 0 Å². The van der Waals surface area contributed by atoms with E-state index in [1.807, 2.05) is 31.4 Å². The first-order valence-electron chi connectivity index (χ1n) is 9.69. The third kappa shape index (κ3) is 4.04. The standard InChI is InChI=1S/C23H18N6O2/c1-29-14-16(13-26-29)21-12-18(6-9-25-21)31-17-2-3-20-19(11-17)23(30)28-22(27-20)10-15-4-7-24-8-5-15/h2-9,11-14H,10H2,1H3,(H,27,28,30). The molecule has 4 heterocycles. The maximum atomic E-state index is 12.7. The van der Waals surface area contributed by atoms with Gasteiger partial charge in [-0.25, -0.2) is 4.98 Å². The van der Waals surface area contributed by atoms with Crippen molar-refractivity contribution in [2.45, 2.75) is 6.42 Å². The van der Waals surface area contributed by atoms with Crippen LogP contribution in [0.2, 0.25) is 0 Å². The fraction of sp³-hybridized carbons (Fsp3) is 0.0870. The second-order valence-electron chi connectivity index (χ2n) is 7.11. The SMILES string of the molecule is Cn1cc(-c2cc(Oc3ccc4nc(Cc5ccncc5)[nH]c(=O)c4c3)ccn2)cn1. The van der Waals surface area contributed by atoms with Crippen LogP contribution in [0.25, 0.3) is 22.2 Å². The monoisotopic (exact) mass is 410 g/mol. The first-order chi connectivity index (χ1) is 15.1. The quantitative estimate of drug-likeness (QED) is 0.476. The maximum absolute atomic E-state index is 12.7. The average molecular weight is 410 g/mol. The summed E-state index contributed by atoms with van der Waals surface area (Å²) in [5.74, 6) is 1.77. The van der Waals surface area contributed by atoms with Crippen molar-refractivity contribution < 1.29 is 4.74 Å². The number of aromatic nitrogens is 6. The highest BCUT2D eigenvalue weighted by Gasteiger charge is 2.09. The molecule has 0 spiro atoms. The van der Waals surface area contributed by atoms with Gasteiger partial charge < -0.3 is 9.72 Å². The summed E-state index contributed by atoms with van der Waals surface area (Å²) in [6, 6.07) is 12.7. The molecule has 0 unspecified atom stereocenters. The van der Waals surface area contributed by atoms with Crippen molar-refractivity contribution >= 4 is 10.9 Å². The molecule has 31 heavy (non-hydrogen) atoms. The smallest absolute Gasteiger partial charge is 0.258 e. The van der Waals surface area contributed by atoms with E-state index in [-0.39, 0.29) is 5.56 Å². The number of hydrogen-bond donors (Lipinski definition) is 1. The number of aromatic amines is 1. The number of aryl methyl sites for hydroxylation is 1.